The van der Waals surface area contributed by atoms with Gasteiger partial charge >= 0.3 is 0 Å². The van der Waals surface area contributed by atoms with E-state index in [0.717, 1.165) is 49.4 Å². The van der Waals surface area contributed by atoms with Crippen molar-refractivity contribution in [1.29, 1.82) is 0 Å². The molecular formula is C16H21ClN2O. The number of rotatable bonds is 3. The lowest BCUT2D eigenvalue weighted by molar-refractivity contribution is -0.135. The normalized spacial score (nSPS) is 21.8. The van der Waals surface area contributed by atoms with Gasteiger partial charge in [-0.1, -0.05) is 23.7 Å². The van der Waals surface area contributed by atoms with E-state index in [9.17, 15) is 4.79 Å². The second-order valence-electron chi connectivity index (χ2n) is 5.94. The van der Waals surface area contributed by atoms with E-state index in [1.807, 2.05) is 31.3 Å². The zero-order valence-corrected chi connectivity index (χ0v) is 12.6. The Morgan fingerprint density at radius 2 is 1.85 bits per heavy atom. The maximum Gasteiger partial charge on any atom is 0.233 e. The van der Waals surface area contributed by atoms with Gasteiger partial charge in [-0.25, -0.2) is 0 Å². The maximum atomic E-state index is 12.8. The van der Waals surface area contributed by atoms with Crippen LogP contribution in [0, 0.1) is 0 Å². The number of amides is 1. The van der Waals surface area contributed by atoms with E-state index in [1.165, 1.54) is 0 Å². The molecule has 3 rings (SSSR count). The number of hydrogen-bond donors (Lipinski definition) is 1. The predicted molar refractivity (Wildman–Crippen MR) is 81.0 cm³/mol. The number of carbonyl (C=O) groups excluding carboxylic acids is 1. The molecule has 1 aromatic carbocycles. The fourth-order valence-electron chi connectivity index (χ4n) is 3.19. The summed E-state index contributed by atoms with van der Waals surface area (Å²) < 4.78 is 0. The van der Waals surface area contributed by atoms with Crippen LogP contribution in [-0.4, -0.2) is 37.0 Å². The molecule has 3 nitrogen and oxygen atoms in total. The molecule has 0 radical (unpaired) electrons. The molecule has 1 aliphatic carbocycles. The smallest absolute Gasteiger partial charge is 0.233 e. The Morgan fingerprint density at radius 3 is 2.35 bits per heavy atom. The molecule has 1 aliphatic heterocycles. The fourth-order valence-corrected chi connectivity index (χ4v) is 3.32. The molecule has 0 bridgehead atoms. The Kier molecular flexibility index (Phi) is 3.74. The summed E-state index contributed by atoms with van der Waals surface area (Å²) in [5.74, 6) is 0.314. The van der Waals surface area contributed by atoms with Gasteiger partial charge in [0.25, 0.3) is 0 Å². The third kappa shape index (κ3) is 2.45. The van der Waals surface area contributed by atoms with Gasteiger partial charge in [-0.05, 0) is 50.4 Å². The van der Waals surface area contributed by atoms with Gasteiger partial charge in [0.15, 0.2) is 0 Å². The van der Waals surface area contributed by atoms with Crippen LogP contribution in [0.2, 0.25) is 5.02 Å². The van der Waals surface area contributed by atoms with Crippen molar-refractivity contribution in [3.8, 4) is 0 Å². The Morgan fingerprint density at radius 1 is 1.25 bits per heavy atom. The van der Waals surface area contributed by atoms with Gasteiger partial charge < -0.3 is 10.2 Å². The maximum absolute atomic E-state index is 12.8. The molecule has 20 heavy (non-hydrogen) atoms. The van der Waals surface area contributed by atoms with Crippen molar-refractivity contribution >= 4 is 17.5 Å². The summed E-state index contributed by atoms with van der Waals surface area (Å²) >= 11 is 5.94. The van der Waals surface area contributed by atoms with Crippen molar-refractivity contribution < 1.29 is 4.79 Å². The van der Waals surface area contributed by atoms with E-state index in [0.29, 0.717) is 11.9 Å². The summed E-state index contributed by atoms with van der Waals surface area (Å²) in [6.45, 7) is 1.75. The number of halogens is 1. The average molecular weight is 293 g/mol. The standard InChI is InChI=1S/C16H21ClN2O/c1-18-14-6-10-19(11-7-14)15(20)16(8-9-16)12-2-4-13(17)5-3-12/h2-5,14,18H,6-11H2,1H3. The summed E-state index contributed by atoms with van der Waals surface area (Å²) in [6.07, 6.45) is 4.05. The summed E-state index contributed by atoms with van der Waals surface area (Å²) in [5, 5.41) is 4.03. The number of likely N-dealkylation sites (tertiary alicyclic amines) is 1. The lowest BCUT2D eigenvalue weighted by atomic mass is 9.93. The Labute approximate surface area is 125 Å². The van der Waals surface area contributed by atoms with E-state index in [1.54, 1.807) is 0 Å². The van der Waals surface area contributed by atoms with Crippen LogP contribution in [0.25, 0.3) is 0 Å². The van der Waals surface area contributed by atoms with Crippen LogP contribution in [0.5, 0.6) is 0 Å². The molecule has 1 heterocycles. The summed E-state index contributed by atoms with van der Waals surface area (Å²) in [7, 11) is 2.00. The quantitative estimate of drug-likeness (QED) is 0.929. The third-order valence-corrected chi connectivity index (χ3v) is 5.00. The summed E-state index contributed by atoms with van der Waals surface area (Å²) in [4.78, 5) is 14.9. The lowest BCUT2D eigenvalue weighted by Gasteiger charge is -2.34. The second kappa shape index (κ2) is 5.38. The first-order chi connectivity index (χ1) is 9.65. The van der Waals surface area contributed by atoms with Crippen molar-refractivity contribution in [3.05, 3.63) is 34.9 Å². The second-order valence-corrected chi connectivity index (χ2v) is 6.38. The predicted octanol–water partition coefficient (Wildman–Crippen LogP) is 2.58. The first kappa shape index (κ1) is 13.9. The van der Waals surface area contributed by atoms with Crippen molar-refractivity contribution in [2.24, 2.45) is 0 Å². The molecule has 0 atom stereocenters. The highest BCUT2D eigenvalue weighted by atomic mass is 35.5. The van der Waals surface area contributed by atoms with Gasteiger partial charge in [-0.2, -0.15) is 0 Å². The number of carbonyl (C=O) groups is 1. The molecule has 0 unspecified atom stereocenters. The van der Waals surface area contributed by atoms with Crippen molar-refractivity contribution in [2.75, 3.05) is 20.1 Å². The summed E-state index contributed by atoms with van der Waals surface area (Å²) in [6, 6.07) is 8.35. The topological polar surface area (TPSA) is 32.3 Å². The van der Waals surface area contributed by atoms with Gasteiger partial charge in [0, 0.05) is 24.2 Å². The Bertz CT molecular complexity index is 488. The molecule has 108 valence electrons. The van der Waals surface area contributed by atoms with Gasteiger partial charge in [0.2, 0.25) is 5.91 Å². The van der Waals surface area contributed by atoms with Gasteiger partial charge in [-0.15, -0.1) is 0 Å². The van der Waals surface area contributed by atoms with Crippen LogP contribution < -0.4 is 5.32 Å². The fraction of sp³-hybridized carbons (Fsp3) is 0.562. The van der Waals surface area contributed by atoms with Crippen LogP contribution >= 0.6 is 11.6 Å². The zero-order chi connectivity index (χ0) is 14.2. The number of hydrogen-bond acceptors (Lipinski definition) is 2. The van der Waals surface area contributed by atoms with Gasteiger partial charge in [0.05, 0.1) is 5.41 Å². The first-order valence-corrected chi connectivity index (χ1v) is 7.76. The minimum atomic E-state index is -0.253. The third-order valence-electron chi connectivity index (χ3n) is 4.75. The number of nitrogens with zero attached hydrogens (tertiary/aromatic N) is 1. The van der Waals surface area contributed by atoms with E-state index in [-0.39, 0.29) is 5.41 Å². The van der Waals surface area contributed by atoms with E-state index >= 15 is 0 Å². The highest BCUT2D eigenvalue weighted by molar-refractivity contribution is 6.30. The molecule has 2 aliphatic rings. The van der Waals surface area contributed by atoms with Crippen molar-refractivity contribution in [2.45, 2.75) is 37.1 Å². The van der Waals surface area contributed by atoms with Gasteiger partial charge in [-0.3, -0.25) is 4.79 Å². The summed E-state index contributed by atoms with van der Waals surface area (Å²) in [5.41, 5.74) is 0.875. The molecule has 0 spiro atoms. The highest BCUT2D eigenvalue weighted by Gasteiger charge is 2.53. The molecule has 2 fully saturated rings. The van der Waals surface area contributed by atoms with E-state index in [4.69, 9.17) is 11.6 Å². The SMILES string of the molecule is CNC1CCN(C(=O)C2(c3ccc(Cl)cc3)CC2)CC1. The molecule has 1 saturated heterocycles. The van der Waals surface area contributed by atoms with E-state index < -0.39 is 0 Å². The zero-order valence-electron chi connectivity index (χ0n) is 11.9. The molecule has 4 heteroatoms. The monoisotopic (exact) mass is 292 g/mol. The van der Waals surface area contributed by atoms with E-state index in [2.05, 4.69) is 10.2 Å². The minimum absolute atomic E-state index is 0.253. The minimum Gasteiger partial charge on any atom is -0.342 e. The number of benzene rings is 1. The number of piperidine rings is 1. The highest BCUT2D eigenvalue weighted by Crippen LogP contribution is 2.50. The Balaban J connectivity index is 1.72. The molecule has 1 N–H and O–H groups in total. The largest absolute Gasteiger partial charge is 0.342 e. The Hall–Kier alpha value is -1.06. The van der Waals surface area contributed by atoms with Crippen LogP contribution in [-0.2, 0) is 10.2 Å². The lowest BCUT2D eigenvalue weighted by Crippen LogP contribution is -2.47. The molecule has 0 aromatic heterocycles. The molecule has 1 saturated carbocycles. The van der Waals surface area contributed by atoms with Crippen molar-refractivity contribution in [1.82, 2.24) is 10.2 Å². The molecule has 1 amide bonds. The van der Waals surface area contributed by atoms with Gasteiger partial charge in [0.1, 0.15) is 0 Å². The van der Waals surface area contributed by atoms with Crippen molar-refractivity contribution in [3.63, 3.8) is 0 Å². The number of nitrogens with one attached hydrogen (secondary N) is 1. The van der Waals surface area contributed by atoms with Crippen LogP contribution in [0.1, 0.15) is 31.2 Å². The first-order valence-electron chi connectivity index (χ1n) is 7.38. The average Bonchev–Trinajstić information content (AvgIpc) is 3.29. The van der Waals surface area contributed by atoms with Crippen LogP contribution in [0.15, 0.2) is 24.3 Å². The molecular weight excluding hydrogens is 272 g/mol. The van der Waals surface area contributed by atoms with Crippen LogP contribution in [0.3, 0.4) is 0 Å². The van der Waals surface area contributed by atoms with Crippen LogP contribution in [0.4, 0.5) is 0 Å². The molecule has 1 aromatic rings.